The summed E-state index contributed by atoms with van der Waals surface area (Å²) in [5.74, 6) is 1.79. The first-order valence-electron chi connectivity index (χ1n) is 7.73. The van der Waals surface area contributed by atoms with E-state index in [2.05, 4.69) is 49.3 Å². The summed E-state index contributed by atoms with van der Waals surface area (Å²) in [6.45, 7) is 5.98. The maximum absolute atomic E-state index is 5.39. The maximum atomic E-state index is 5.39. The van der Waals surface area contributed by atoms with Crippen LogP contribution in [0, 0.1) is 5.92 Å². The number of hydrogen-bond acceptors (Lipinski definition) is 3. The number of likely N-dealkylation sites (N-methyl/N-ethyl adjacent to an activating group) is 1. The molecule has 0 aromatic heterocycles. The zero-order valence-electron chi connectivity index (χ0n) is 13.0. The SMILES string of the molecule is CNC1c2cc(OC)ccc2CC1N1CC(C)CC1C. The number of likely N-dealkylation sites (tertiary alicyclic amines) is 1. The minimum atomic E-state index is 0.424. The van der Waals surface area contributed by atoms with Crippen LogP contribution in [-0.4, -0.2) is 37.7 Å². The minimum absolute atomic E-state index is 0.424. The van der Waals surface area contributed by atoms with Crippen LogP contribution in [0.5, 0.6) is 5.75 Å². The average molecular weight is 274 g/mol. The van der Waals surface area contributed by atoms with Crippen molar-refractivity contribution in [1.82, 2.24) is 10.2 Å². The van der Waals surface area contributed by atoms with Crippen LogP contribution in [0.1, 0.15) is 37.4 Å². The summed E-state index contributed by atoms with van der Waals surface area (Å²) in [5.41, 5.74) is 2.89. The van der Waals surface area contributed by atoms with Gasteiger partial charge in [0.15, 0.2) is 0 Å². The molecule has 4 atom stereocenters. The standard InChI is InChI=1S/C17H26N2O/c1-11-7-12(2)19(10-11)16-8-13-5-6-14(20-4)9-15(13)17(16)18-3/h5-6,9,11-12,16-18H,7-8,10H2,1-4H3. The molecule has 1 aromatic rings. The van der Waals surface area contributed by atoms with Crippen LogP contribution in [0.4, 0.5) is 0 Å². The van der Waals surface area contributed by atoms with Crippen molar-refractivity contribution in [2.75, 3.05) is 20.7 Å². The third kappa shape index (κ3) is 2.23. The molecule has 1 aliphatic heterocycles. The van der Waals surface area contributed by atoms with Crippen LogP contribution in [0.2, 0.25) is 0 Å². The number of benzene rings is 1. The van der Waals surface area contributed by atoms with Crippen LogP contribution in [0.15, 0.2) is 18.2 Å². The summed E-state index contributed by atoms with van der Waals surface area (Å²) >= 11 is 0. The van der Waals surface area contributed by atoms with E-state index in [0.717, 1.165) is 18.1 Å². The first kappa shape index (κ1) is 13.9. The van der Waals surface area contributed by atoms with Crippen LogP contribution >= 0.6 is 0 Å². The van der Waals surface area contributed by atoms with E-state index in [0.29, 0.717) is 18.1 Å². The molecule has 0 saturated carbocycles. The number of nitrogens with one attached hydrogen (secondary N) is 1. The van der Waals surface area contributed by atoms with E-state index in [4.69, 9.17) is 4.74 Å². The highest BCUT2D eigenvalue weighted by molar-refractivity contribution is 5.43. The molecule has 0 radical (unpaired) electrons. The van der Waals surface area contributed by atoms with Gasteiger partial charge in [0.05, 0.1) is 7.11 Å². The summed E-state index contributed by atoms with van der Waals surface area (Å²) in [6.07, 6.45) is 2.48. The van der Waals surface area contributed by atoms with Gasteiger partial charge in [-0.2, -0.15) is 0 Å². The number of hydrogen-bond donors (Lipinski definition) is 1. The summed E-state index contributed by atoms with van der Waals surface area (Å²) in [4.78, 5) is 2.71. The largest absolute Gasteiger partial charge is 0.497 e. The monoisotopic (exact) mass is 274 g/mol. The van der Waals surface area contributed by atoms with Crippen LogP contribution < -0.4 is 10.1 Å². The molecule has 3 heteroatoms. The zero-order chi connectivity index (χ0) is 14.3. The normalized spacial score (nSPS) is 33.4. The lowest BCUT2D eigenvalue weighted by Crippen LogP contribution is -2.44. The van der Waals surface area contributed by atoms with Gasteiger partial charge in [0.2, 0.25) is 0 Å². The van der Waals surface area contributed by atoms with E-state index >= 15 is 0 Å². The Labute approximate surface area is 122 Å². The van der Waals surface area contributed by atoms with Gasteiger partial charge in [-0.3, -0.25) is 4.90 Å². The quantitative estimate of drug-likeness (QED) is 0.917. The second-order valence-corrected chi connectivity index (χ2v) is 6.49. The first-order chi connectivity index (χ1) is 9.63. The zero-order valence-corrected chi connectivity index (χ0v) is 13.0. The Bertz CT molecular complexity index is 488. The highest BCUT2D eigenvalue weighted by Crippen LogP contribution is 2.39. The summed E-state index contributed by atoms with van der Waals surface area (Å²) in [7, 11) is 3.82. The lowest BCUT2D eigenvalue weighted by atomic mass is 10.1. The predicted octanol–water partition coefficient (Wildman–Crippen LogP) is 2.61. The Kier molecular flexibility index (Phi) is 3.74. The molecule has 3 nitrogen and oxygen atoms in total. The molecule has 0 amide bonds. The van der Waals surface area contributed by atoms with Crippen molar-refractivity contribution in [3.63, 3.8) is 0 Å². The second-order valence-electron chi connectivity index (χ2n) is 6.49. The van der Waals surface area contributed by atoms with Gasteiger partial charge in [0.25, 0.3) is 0 Å². The topological polar surface area (TPSA) is 24.5 Å². The van der Waals surface area contributed by atoms with Crippen molar-refractivity contribution in [3.8, 4) is 5.75 Å². The molecule has 1 aromatic carbocycles. The maximum Gasteiger partial charge on any atom is 0.119 e. The number of fused-ring (bicyclic) bond motifs is 1. The van der Waals surface area contributed by atoms with Crippen molar-refractivity contribution in [2.24, 2.45) is 5.92 Å². The van der Waals surface area contributed by atoms with Crippen molar-refractivity contribution in [3.05, 3.63) is 29.3 Å². The fraction of sp³-hybridized carbons (Fsp3) is 0.647. The third-order valence-electron chi connectivity index (χ3n) is 5.07. The number of methoxy groups -OCH3 is 1. The summed E-state index contributed by atoms with van der Waals surface area (Å²) < 4.78 is 5.39. The molecule has 1 aliphatic carbocycles. The van der Waals surface area contributed by atoms with Crippen molar-refractivity contribution in [2.45, 2.75) is 44.8 Å². The van der Waals surface area contributed by atoms with Gasteiger partial charge in [-0.1, -0.05) is 13.0 Å². The van der Waals surface area contributed by atoms with Gasteiger partial charge in [-0.05, 0) is 56.0 Å². The average Bonchev–Trinajstić information content (AvgIpc) is 2.96. The Morgan fingerprint density at radius 3 is 2.70 bits per heavy atom. The minimum Gasteiger partial charge on any atom is -0.497 e. The van der Waals surface area contributed by atoms with Gasteiger partial charge >= 0.3 is 0 Å². The van der Waals surface area contributed by atoms with Gasteiger partial charge in [-0.15, -0.1) is 0 Å². The molecule has 1 fully saturated rings. The van der Waals surface area contributed by atoms with Gasteiger partial charge in [0.1, 0.15) is 5.75 Å². The Balaban J connectivity index is 1.88. The van der Waals surface area contributed by atoms with Crippen LogP contribution in [0.25, 0.3) is 0 Å². The van der Waals surface area contributed by atoms with Crippen molar-refractivity contribution < 1.29 is 4.74 Å². The Morgan fingerprint density at radius 1 is 1.30 bits per heavy atom. The van der Waals surface area contributed by atoms with Gasteiger partial charge < -0.3 is 10.1 Å². The molecule has 1 saturated heterocycles. The summed E-state index contributed by atoms with van der Waals surface area (Å²) in [5, 5.41) is 3.54. The highest BCUT2D eigenvalue weighted by atomic mass is 16.5. The number of rotatable bonds is 3. The first-order valence-corrected chi connectivity index (χ1v) is 7.73. The van der Waals surface area contributed by atoms with Gasteiger partial charge in [0, 0.05) is 24.7 Å². The third-order valence-corrected chi connectivity index (χ3v) is 5.07. The molecular weight excluding hydrogens is 248 g/mol. The second kappa shape index (κ2) is 5.38. The molecule has 0 bridgehead atoms. The lowest BCUT2D eigenvalue weighted by molar-refractivity contribution is 0.160. The molecular formula is C17H26N2O. The fourth-order valence-electron chi connectivity index (χ4n) is 4.18. The fourth-order valence-corrected chi connectivity index (χ4v) is 4.18. The Hall–Kier alpha value is -1.06. The molecule has 3 rings (SSSR count). The van der Waals surface area contributed by atoms with E-state index in [9.17, 15) is 0 Å². The van der Waals surface area contributed by atoms with Crippen molar-refractivity contribution in [1.29, 1.82) is 0 Å². The van der Waals surface area contributed by atoms with E-state index in [1.165, 1.54) is 24.1 Å². The van der Waals surface area contributed by atoms with E-state index in [-0.39, 0.29) is 0 Å². The molecule has 4 unspecified atom stereocenters. The molecule has 1 heterocycles. The van der Waals surface area contributed by atoms with E-state index < -0.39 is 0 Å². The molecule has 20 heavy (non-hydrogen) atoms. The molecule has 0 spiro atoms. The van der Waals surface area contributed by atoms with Crippen molar-refractivity contribution >= 4 is 0 Å². The Morgan fingerprint density at radius 2 is 2.10 bits per heavy atom. The predicted molar refractivity (Wildman–Crippen MR) is 82.2 cm³/mol. The van der Waals surface area contributed by atoms with Crippen LogP contribution in [0.3, 0.4) is 0 Å². The summed E-state index contributed by atoms with van der Waals surface area (Å²) in [6, 6.07) is 8.24. The number of nitrogens with zero attached hydrogens (tertiary/aromatic N) is 1. The van der Waals surface area contributed by atoms with E-state index in [1.54, 1.807) is 7.11 Å². The van der Waals surface area contributed by atoms with Crippen LogP contribution in [-0.2, 0) is 6.42 Å². The van der Waals surface area contributed by atoms with E-state index in [1.807, 2.05) is 0 Å². The molecule has 1 N–H and O–H groups in total. The smallest absolute Gasteiger partial charge is 0.119 e. The molecule has 2 aliphatic rings. The van der Waals surface area contributed by atoms with Gasteiger partial charge in [-0.25, -0.2) is 0 Å². The number of ether oxygens (including phenoxy) is 1. The lowest BCUT2D eigenvalue weighted by Gasteiger charge is -2.33. The molecule has 110 valence electrons. The highest BCUT2D eigenvalue weighted by Gasteiger charge is 2.40.